The lowest BCUT2D eigenvalue weighted by atomic mass is 9.94. The fraction of sp³-hybridized carbons (Fsp3) is 0.622. The van der Waals surface area contributed by atoms with Crippen LogP contribution in [-0.4, -0.2) is 82.4 Å². The zero-order chi connectivity index (χ0) is 37.0. The highest BCUT2D eigenvalue weighted by molar-refractivity contribution is 7.09. The first-order valence-corrected chi connectivity index (χ1v) is 18.6. The Balaban J connectivity index is 1.76. The fourth-order valence-electron chi connectivity index (χ4n) is 6.18. The number of benzene rings is 1. The van der Waals surface area contributed by atoms with Gasteiger partial charge >= 0.3 is 11.9 Å². The molecule has 276 valence electrons. The molecule has 50 heavy (non-hydrogen) atoms. The highest BCUT2D eigenvalue weighted by atomic mass is 32.1. The molecule has 0 radical (unpaired) electrons. The Bertz CT molecular complexity index is 1430. The van der Waals surface area contributed by atoms with E-state index in [9.17, 15) is 29.1 Å². The molecule has 1 fully saturated rings. The van der Waals surface area contributed by atoms with Gasteiger partial charge < -0.3 is 25.8 Å². The number of likely N-dealkylation sites (N-methyl/N-ethyl adjacent to an activating group) is 1. The molecule has 2 heterocycles. The number of aliphatic carboxylic acids is 1. The van der Waals surface area contributed by atoms with E-state index in [2.05, 4.69) is 20.9 Å². The van der Waals surface area contributed by atoms with Crippen LogP contribution >= 0.6 is 11.3 Å². The van der Waals surface area contributed by atoms with Gasteiger partial charge in [0.1, 0.15) is 16.7 Å². The van der Waals surface area contributed by atoms with Crippen LogP contribution in [0.5, 0.6) is 0 Å². The lowest BCUT2D eigenvalue weighted by Gasteiger charge is -2.34. The summed E-state index contributed by atoms with van der Waals surface area (Å²) >= 11 is 1.17. The predicted octanol–water partition coefficient (Wildman–Crippen LogP) is 4.75. The van der Waals surface area contributed by atoms with Crippen LogP contribution in [0.1, 0.15) is 107 Å². The SMILES string of the molecule is CC[C@H](C)[C@H](NC(=O)[C@H]1CCCCN1C)C(=O)N[C@@H](C[C@H](OC(C)=O)c1nc(C(=O)N[C@@H](Cc2ccccc2)C[C@@H](C)C(=O)O)cs1)C(C)C. The Morgan fingerprint density at radius 2 is 1.72 bits per heavy atom. The molecule has 2 aromatic rings. The maximum absolute atomic E-state index is 13.8. The van der Waals surface area contributed by atoms with Gasteiger partial charge in [0, 0.05) is 30.8 Å². The van der Waals surface area contributed by atoms with E-state index < -0.39 is 48.0 Å². The van der Waals surface area contributed by atoms with E-state index >= 15 is 0 Å². The van der Waals surface area contributed by atoms with Crippen LogP contribution in [0.2, 0.25) is 0 Å². The first-order chi connectivity index (χ1) is 23.7. The first-order valence-electron chi connectivity index (χ1n) is 17.7. The van der Waals surface area contributed by atoms with Gasteiger partial charge in [0.15, 0.2) is 6.10 Å². The number of piperidine rings is 1. The number of carboxylic acids is 1. The van der Waals surface area contributed by atoms with Gasteiger partial charge in [-0.3, -0.25) is 28.9 Å². The molecule has 1 aromatic heterocycles. The number of aromatic nitrogens is 1. The second-order valence-electron chi connectivity index (χ2n) is 14.0. The number of nitrogens with one attached hydrogen (secondary N) is 3. The third-order valence-electron chi connectivity index (χ3n) is 9.52. The number of hydrogen-bond acceptors (Lipinski definition) is 9. The van der Waals surface area contributed by atoms with Gasteiger partial charge in [0.05, 0.1) is 12.0 Å². The number of rotatable bonds is 18. The molecule has 1 aliphatic rings. The molecule has 0 aliphatic carbocycles. The topological polar surface area (TPSA) is 167 Å². The van der Waals surface area contributed by atoms with Crippen LogP contribution in [0.3, 0.4) is 0 Å². The van der Waals surface area contributed by atoms with E-state index in [0.717, 1.165) is 31.4 Å². The van der Waals surface area contributed by atoms with Gasteiger partial charge in [-0.1, -0.05) is 77.8 Å². The second kappa shape index (κ2) is 19.5. The summed E-state index contributed by atoms with van der Waals surface area (Å²) in [6.07, 6.45) is 3.49. The maximum atomic E-state index is 13.8. The van der Waals surface area contributed by atoms with Crippen molar-refractivity contribution in [3.8, 4) is 0 Å². The van der Waals surface area contributed by atoms with Crippen LogP contribution in [0.4, 0.5) is 0 Å². The predicted molar refractivity (Wildman–Crippen MR) is 192 cm³/mol. The molecule has 7 atom stereocenters. The van der Waals surface area contributed by atoms with E-state index in [0.29, 0.717) is 17.8 Å². The number of nitrogens with zero attached hydrogens (tertiary/aromatic N) is 2. The number of ether oxygens (including phenoxy) is 1. The Hall–Kier alpha value is -3.84. The smallest absolute Gasteiger partial charge is 0.306 e. The van der Waals surface area contributed by atoms with Crippen molar-refractivity contribution < 1.29 is 33.8 Å². The van der Waals surface area contributed by atoms with Crippen LogP contribution < -0.4 is 16.0 Å². The molecule has 1 aromatic carbocycles. The molecule has 3 amide bonds. The minimum absolute atomic E-state index is 0.0625. The van der Waals surface area contributed by atoms with Crippen molar-refractivity contribution in [1.82, 2.24) is 25.8 Å². The third-order valence-corrected chi connectivity index (χ3v) is 10.5. The first kappa shape index (κ1) is 40.6. The molecular formula is C37H55N5O7S. The monoisotopic (exact) mass is 713 g/mol. The average molecular weight is 714 g/mol. The summed E-state index contributed by atoms with van der Waals surface area (Å²) in [5.74, 6) is -3.24. The normalized spacial score (nSPS) is 18.6. The molecule has 1 aliphatic heterocycles. The highest BCUT2D eigenvalue weighted by Crippen LogP contribution is 2.29. The third kappa shape index (κ3) is 12.2. The Labute approximate surface area is 300 Å². The Morgan fingerprint density at radius 3 is 2.32 bits per heavy atom. The molecule has 12 nitrogen and oxygen atoms in total. The van der Waals surface area contributed by atoms with Gasteiger partial charge in [0.25, 0.3) is 5.91 Å². The lowest BCUT2D eigenvalue weighted by molar-refractivity contribution is -0.147. The molecule has 0 unspecified atom stereocenters. The quantitative estimate of drug-likeness (QED) is 0.160. The molecule has 1 saturated heterocycles. The summed E-state index contributed by atoms with van der Waals surface area (Å²) in [5, 5.41) is 20.6. The van der Waals surface area contributed by atoms with E-state index in [1.807, 2.05) is 70.0 Å². The van der Waals surface area contributed by atoms with Crippen molar-refractivity contribution in [1.29, 1.82) is 0 Å². The van der Waals surface area contributed by atoms with Crippen LogP contribution in [0.25, 0.3) is 0 Å². The van der Waals surface area contributed by atoms with E-state index in [-0.39, 0.29) is 48.2 Å². The number of likely N-dealkylation sites (tertiary alicyclic amines) is 1. The van der Waals surface area contributed by atoms with Crippen molar-refractivity contribution in [2.24, 2.45) is 17.8 Å². The van der Waals surface area contributed by atoms with Crippen molar-refractivity contribution >= 4 is 41.0 Å². The highest BCUT2D eigenvalue weighted by Gasteiger charge is 2.34. The van der Waals surface area contributed by atoms with Gasteiger partial charge in [-0.05, 0) is 56.7 Å². The van der Waals surface area contributed by atoms with Gasteiger partial charge in [-0.25, -0.2) is 4.98 Å². The Morgan fingerprint density at radius 1 is 1.02 bits per heavy atom. The Kier molecular flexibility index (Phi) is 15.8. The molecule has 4 N–H and O–H groups in total. The second-order valence-corrected chi connectivity index (χ2v) is 14.9. The van der Waals surface area contributed by atoms with Crippen LogP contribution in [0.15, 0.2) is 35.7 Å². The number of hydrogen-bond donors (Lipinski definition) is 4. The molecular weight excluding hydrogens is 659 g/mol. The fourth-order valence-corrected chi connectivity index (χ4v) is 7.02. The molecule has 0 saturated carbocycles. The van der Waals surface area contributed by atoms with Crippen LogP contribution in [-0.2, 0) is 30.3 Å². The average Bonchev–Trinajstić information content (AvgIpc) is 3.57. The molecule has 0 bridgehead atoms. The van der Waals surface area contributed by atoms with Crippen LogP contribution in [0, 0.1) is 17.8 Å². The maximum Gasteiger partial charge on any atom is 0.306 e. The zero-order valence-corrected chi connectivity index (χ0v) is 31.3. The van der Waals surface area contributed by atoms with Gasteiger partial charge in [0.2, 0.25) is 11.8 Å². The summed E-state index contributed by atoms with van der Waals surface area (Å²) in [6.45, 7) is 11.6. The number of esters is 1. The van der Waals surface area contributed by atoms with Crippen molar-refractivity contribution in [3.05, 3.63) is 52.0 Å². The number of carbonyl (C=O) groups is 5. The zero-order valence-electron chi connectivity index (χ0n) is 30.4. The van der Waals surface area contributed by atoms with E-state index in [1.165, 1.54) is 18.3 Å². The number of amides is 3. The molecule has 13 heteroatoms. The minimum Gasteiger partial charge on any atom is -0.481 e. The van der Waals surface area contributed by atoms with Gasteiger partial charge in [-0.15, -0.1) is 11.3 Å². The molecule has 0 spiro atoms. The molecule has 3 rings (SSSR count). The number of carboxylic acid groups (broad SMARTS) is 1. The largest absolute Gasteiger partial charge is 0.481 e. The number of thiazole rings is 1. The summed E-state index contributed by atoms with van der Waals surface area (Å²) in [6, 6.07) is 7.61. The summed E-state index contributed by atoms with van der Waals surface area (Å²) in [7, 11) is 1.93. The number of carbonyl (C=O) groups excluding carboxylic acids is 4. The standard InChI is InChI=1S/C37H55N5O7S/c1-8-23(4)32(41-34(45)30-16-12-13-17-42(30)7)35(46)39-28(22(2)3)20-31(49-25(6)43)36-40-29(21-50-36)33(44)38-27(18-24(5)37(47)48)19-26-14-10-9-11-15-26/h9-11,14-15,21-24,27-28,30-32H,8,12-13,16-20H2,1-7H3,(H,38,44)(H,39,46)(H,41,45)(H,47,48)/t23-,24+,27+,28-,30+,31-,32-/m0/s1. The lowest BCUT2D eigenvalue weighted by Crippen LogP contribution is -2.57. The van der Waals surface area contributed by atoms with E-state index in [4.69, 9.17) is 4.74 Å². The summed E-state index contributed by atoms with van der Waals surface area (Å²) in [4.78, 5) is 70.9. The van der Waals surface area contributed by atoms with Gasteiger partial charge in [-0.2, -0.15) is 0 Å². The minimum atomic E-state index is -0.945. The van der Waals surface area contributed by atoms with Crippen molar-refractivity contribution in [2.45, 2.75) is 117 Å². The van der Waals surface area contributed by atoms with Crippen molar-refractivity contribution in [3.63, 3.8) is 0 Å². The summed E-state index contributed by atoms with van der Waals surface area (Å²) in [5.41, 5.74) is 1.09. The summed E-state index contributed by atoms with van der Waals surface area (Å²) < 4.78 is 5.70. The van der Waals surface area contributed by atoms with E-state index in [1.54, 1.807) is 12.3 Å². The van der Waals surface area contributed by atoms with Crippen molar-refractivity contribution in [2.75, 3.05) is 13.6 Å².